The topological polar surface area (TPSA) is 189 Å². The van der Waals surface area contributed by atoms with Crippen LogP contribution in [0.3, 0.4) is 0 Å². The molecule has 2 aromatic rings. The van der Waals surface area contributed by atoms with Crippen molar-refractivity contribution in [2.45, 2.75) is 26.9 Å². The average molecular weight is 558 g/mol. The number of nitrogens with zero attached hydrogens (tertiary/aromatic N) is 5. The maximum Gasteiger partial charge on any atom is 0.339 e. The van der Waals surface area contributed by atoms with E-state index >= 15 is 0 Å². The van der Waals surface area contributed by atoms with Crippen LogP contribution in [0.25, 0.3) is 0 Å². The summed E-state index contributed by atoms with van der Waals surface area (Å²) in [7, 11) is 0. The number of aromatic amines is 1. The number of hydrogen-bond acceptors (Lipinski definition) is 9. The smallest absolute Gasteiger partial charge is 0.322 e. The summed E-state index contributed by atoms with van der Waals surface area (Å²) in [4.78, 5) is 60.6. The zero-order valence-corrected chi connectivity index (χ0v) is 20.6. The first kappa shape index (κ1) is 30.3. The summed E-state index contributed by atoms with van der Waals surface area (Å²) in [6, 6.07) is 3.47. The highest BCUT2D eigenvalue weighted by Gasteiger charge is 2.10. The predicted octanol–water partition coefficient (Wildman–Crippen LogP) is 2.17. The van der Waals surface area contributed by atoms with Crippen LogP contribution in [0.1, 0.15) is 25.2 Å². The van der Waals surface area contributed by atoms with Gasteiger partial charge in [0.05, 0.1) is 19.3 Å². The van der Waals surface area contributed by atoms with Gasteiger partial charge in [0.2, 0.25) is 0 Å². The van der Waals surface area contributed by atoms with Gasteiger partial charge in [-0.1, -0.05) is 11.6 Å². The molecule has 0 amide bonds. The van der Waals surface area contributed by atoms with Crippen molar-refractivity contribution in [2.75, 3.05) is 0 Å². The summed E-state index contributed by atoms with van der Waals surface area (Å²) in [5.41, 5.74) is -2.37. The fraction of sp³-hybridized carbons (Fsp3) is 0.250. The molecule has 12 nitrogen and oxygen atoms in total. The van der Waals surface area contributed by atoms with Crippen molar-refractivity contribution in [3.05, 3.63) is 60.0 Å². The van der Waals surface area contributed by atoms with Gasteiger partial charge in [0.1, 0.15) is 35.1 Å². The fourth-order valence-corrected chi connectivity index (χ4v) is 2.06. The van der Waals surface area contributed by atoms with Gasteiger partial charge >= 0.3 is 16.3 Å². The Kier molecular flexibility index (Phi) is 12.6. The van der Waals surface area contributed by atoms with Gasteiger partial charge in [0, 0.05) is 6.20 Å². The van der Waals surface area contributed by atoms with Crippen molar-refractivity contribution in [3.8, 4) is 12.1 Å². The van der Waals surface area contributed by atoms with Gasteiger partial charge in [-0.3, -0.25) is 37.7 Å². The number of nitrogens with one attached hydrogen (secondary N) is 1. The SMILES string of the molecule is CC(=O)Cn1c(C#N)c[nH]c(=O)c1=O.CC(=O)Cn1c(C#N)cnc(Cl)c1=O.O=P(Cl)(Cl)Cl. The third kappa shape index (κ3) is 11.6. The number of H-pyrrole nitrogens is 1. The van der Waals surface area contributed by atoms with E-state index in [2.05, 4.69) is 43.7 Å². The third-order valence-electron chi connectivity index (χ3n) is 3.07. The van der Waals surface area contributed by atoms with Gasteiger partial charge in [-0.25, -0.2) is 4.98 Å². The minimum absolute atomic E-state index is 0.0228. The number of carbonyl (C=O) groups is 2. The van der Waals surface area contributed by atoms with Crippen LogP contribution in [0, 0.1) is 22.7 Å². The Bertz CT molecular complexity index is 1340. The van der Waals surface area contributed by atoms with Crippen molar-refractivity contribution in [3.63, 3.8) is 0 Å². The maximum atomic E-state index is 11.3. The number of nitriles is 2. The number of carbonyl (C=O) groups excluding carboxylic acids is 2. The Morgan fingerprint density at radius 3 is 1.82 bits per heavy atom. The van der Waals surface area contributed by atoms with Crippen LogP contribution in [0.4, 0.5) is 0 Å². The van der Waals surface area contributed by atoms with Gasteiger partial charge in [0.25, 0.3) is 5.56 Å². The Morgan fingerprint density at radius 1 is 1.00 bits per heavy atom. The van der Waals surface area contributed by atoms with Crippen molar-refractivity contribution in [2.24, 2.45) is 0 Å². The van der Waals surface area contributed by atoms with Crippen LogP contribution >= 0.6 is 50.5 Å². The first-order valence-corrected chi connectivity index (χ1v) is 13.0. The molecular formula is C16H13Cl4N6O6P. The van der Waals surface area contributed by atoms with E-state index in [-0.39, 0.29) is 41.2 Å². The molecule has 176 valence electrons. The number of halogens is 4. The number of hydrogen-bond donors (Lipinski definition) is 1. The fourth-order valence-electron chi connectivity index (χ4n) is 1.91. The molecule has 1 N–H and O–H groups in total. The van der Waals surface area contributed by atoms with Crippen LogP contribution in [0.5, 0.6) is 0 Å². The zero-order chi connectivity index (χ0) is 25.9. The summed E-state index contributed by atoms with van der Waals surface area (Å²) >= 11 is 19.3. The molecule has 0 fully saturated rings. The summed E-state index contributed by atoms with van der Waals surface area (Å²) < 4.78 is 11.4. The van der Waals surface area contributed by atoms with Crippen LogP contribution < -0.4 is 16.7 Å². The van der Waals surface area contributed by atoms with E-state index in [1.807, 2.05) is 0 Å². The second-order valence-electron chi connectivity index (χ2n) is 5.75. The van der Waals surface area contributed by atoms with Crippen LogP contribution in [-0.4, -0.2) is 30.7 Å². The molecule has 0 bridgehead atoms. The molecule has 0 aliphatic rings. The molecule has 2 heterocycles. The van der Waals surface area contributed by atoms with E-state index in [4.69, 9.17) is 22.1 Å². The Labute approximate surface area is 204 Å². The van der Waals surface area contributed by atoms with Crippen LogP contribution in [0.2, 0.25) is 5.15 Å². The average Bonchev–Trinajstić information content (AvgIpc) is 2.68. The number of Topliss-reactive ketones (excluding diaryl/α,β-unsaturated/α-hetero) is 2. The summed E-state index contributed by atoms with van der Waals surface area (Å²) in [5.74, 6) is -0.528. The number of aromatic nitrogens is 4. The normalized spacial score (nSPS) is 9.82. The number of ketones is 2. The van der Waals surface area contributed by atoms with Gasteiger partial charge in [-0.05, 0) is 47.6 Å². The van der Waals surface area contributed by atoms with Crippen LogP contribution in [0.15, 0.2) is 26.8 Å². The second-order valence-corrected chi connectivity index (χ2v) is 12.7. The van der Waals surface area contributed by atoms with E-state index in [0.717, 1.165) is 21.5 Å². The van der Waals surface area contributed by atoms with Crippen LogP contribution in [-0.2, 0) is 27.2 Å². The van der Waals surface area contributed by atoms with E-state index < -0.39 is 21.9 Å². The Hall–Kier alpha value is -2.73. The van der Waals surface area contributed by atoms with Gasteiger partial charge < -0.3 is 4.98 Å². The first-order chi connectivity index (χ1) is 15.1. The largest absolute Gasteiger partial charge is 0.339 e. The van der Waals surface area contributed by atoms with E-state index in [1.54, 1.807) is 12.1 Å². The molecule has 0 saturated carbocycles. The van der Waals surface area contributed by atoms with Crippen molar-refractivity contribution >= 4 is 62.1 Å². The molecule has 0 atom stereocenters. The zero-order valence-electron chi connectivity index (χ0n) is 16.7. The Balaban J connectivity index is 0.000000517. The van der Waals surface area contributed by atoms with E-state index in [1.165, 1.54) is 13.8 Å². The molecule has 2 aromatic heterocycles. The van der Waals surface area contributed by atoms with Gasteiger partial charge in [-0.15, -0.1) is 0 Å². The van der Waals surface area contributed by atoms with Gasteiger partial charge in [-0.2, -0.15) is 10.5 Å². The lowest BCUT2D eigenvalue weighted by Gasteiger charge is -2.04. The third-order valence-corrected chi connectivity index (χ3v) is 3.33. The molecule has 2 rings (SSSR count). The first-order valence-electron chi connectivity index (χ1n) is 8.18. The number of rotatable bonds is 4. The monoisotopic (exact) mass is 556 g/mol. The molecule has 0 unspecified atom stereocenters. The Morgan fingerprint density at radius 2 is 1.42 bits per heavy atom. The molecule has 0 saturated heterocycles. The molecule has 17 heteroatoms. The van der Waals surface area contributed by atoms with Gasteiger partial charge in [0.15, 0.2) is 5.15 Å². The highest BCUT2D eigenvalue weighted by Crippen LogP contribution is 2.61. The maximum absolute atomic E-state index is 11.3. The quantitative estimate of drug-likeness (QED) is 0.433. The molecule has 0 aliphatic heterocycles. The molecule has 0 aromatic carbocycles. The summed E-state index contributed by atoms with van der Waals surface area (Å²) in [5, 5.41) is 13.8. The molecule has 33 heavy (non-hydrogen) atoms. The second kappa shape index (κ2) is 13.7. The summed E-state index contributed by atoms with van der Waals surface area (Å²) in [6.45, 7) is 2.17. The summed E-state index contributed by atoms with van der Waals surface area (Å²) in [6.07, 6.45) is 2.26. The highest BCUT2D eigenvalue weighted by molar-refractivity contribution is 8.24. The van der Waals surface area contributed by atoms with Crippen molar-refractivity contribution in [1.29, 1.82) is 10.5 Å². The minimum atomic E-state index is -3.22. The van der Waals surface area contributed by atoms with Crippen molar-refractivity contribution in [1.82, 2.24) is 19.1 Å². The lowest BCUT2D eigenvalue weighted by Crippen LogP contribution is -2.38. The van der Waals surface area contributed by atoms with E-state index in [9.17, 15) is 28.5 Å². The molecule has 0 radical (unpaired) electrons. The molecule has 0 spiro atoms. The van der Waals surface area contributed by atoms with E-state index in [0.29, 0.717) is 0 Å². The molecular weight excluding hydrogens is 545 g/mol. The predicted molar refractivity (Wildman–Crippen MR) is 121 cm³/mol. The highest BCUT2D eigenvalue weighted by atomic mass is 36.0. The standard InChI is InChI=1S/C8H6ClN3O2.C8H7N3O3.Cl3OP/c1-5(13)4-12-6(2-10)3-11-7(9)8(12)14;1-5(12)4-11-6(2-9)3-10-7(13)8(11)14;1-5(2,3)4/h3H,4H2,1H3;3H,4H2,1H3,(H,10,13);. The van der Waals surface area contributed by atoms with Crippen molar-refractivity contribution < 1.29 is 14.2 Å². The molecule has 0 aliphatic carbocycles. The lowest BCUT2D eigenvalue weighted by molar-refractivity contribution is -0.118. The minimum Gasteiger partial charge on any atom is -0.322 e. The lowest BCUT2D eigenvalue weighted by atomic mass is 10.4.